The summed E-state index contributed by atoms with van der Waals surface area (Å²) in [5.41, 5.74) is 2.44. The molecule has 0 spiro atoms. The lowest BCUT2D eigenvalue weighted by atomic mass is 10.2. The summed E-state index contributed by atoms with van der Waals surface area (Å²) in [5.74, 6) is 1.07. The fraction of sp³-hybridized carbons (Fsp3) is 0.462. The van der Waals surface area contributed by atoms with Crippen molar-refractivity contribution in [2.75, 3.05) is 13.7 Å². The first-order valence-corrected chi connectivity index (χ1v) is 5.74. The van der Waals surface area contributed by atoms with E-state index in [0.717, 1.165) is 31.7 Å². The van der Waals surface area contributed by atoms with E-state index in [1.807, 2.05) is 13.0 Å². The Morgan fingerprint density at radius 2 is 2.19 bits per heavy atom. The molecule has 2 aromatic heterocycles. The molecule has 2 heterocycles. The van der Waals surface area contributed by atoms with Gasteiger partial charge in [-0.3, -0.25) is 0 Å². The highest BCUT2D eigenvalue weighted by Gasteiger charge is 2.06. The first kappa shape index (κ1) is 11.1. The van der Waals surface area contributed by atoms with Gasteiger partial charge in [0, 0.05) is 19.9 Å². The van der Waals surface area contributed by atoms with Crippen LogP contribution in [0.4, 0.5) is 0 Å². The third-order valence-electron chi connectivity index (χ3n) is 2.81. The molecule has 0 fully saturated rings. The molecule has 0 bridgehead atoms. The number of methoxy groups -OCH3 is 1. The van der Waals surface area contributed by atoms with Crippen molar-refractivity contribution in [2.45, 2.75) is 26.2 Å². The maximum Gasteiger partial charge on any atom is 0.110 e. The number of hydrogen-bond donors (Lipinski definition) is 0. The van der Waals surface area contributed by atoms with E-state index in [4.69, 9.17) is 4.74 Å². The van der Waals surface area contributed by atoms with E-state index in [-0.39, 0.29) is 0 Å². The number of fused-ring (bicyclic) bond motifs is 1. The molecule has 0 aromatic carbocycles. The molecule has 86 valence electrons. The Hall–Kier alpha value is -1.35. The summed E-state index contributed by atoms with van der Waals surface area (Å²) < 4.78 is 7.19. The molecule has 0 radical (unpaired) electrons. The van der Waals surface area contributed by atoms with E-state index >= 15 is 0 Å². The maximum atomic E-state index is 5.05. The van der Waals surface area contributed by atoms with Gasteiger partial charge in [0.1, 0.15) is 5.82 Å². The predicted octanol–water partition coefficient (Wildman–Crippen LogP) is 2.61. The molecule has 0 saturated carbocycles. The Morgan fingerprint density at radius 1 is 1.31 bits per heavy atom. The molecule has 0 N–H and O–H groups in total. The quantitative estimate of drug-likeness (QED) is 0.721. The Labute approximate surface area is 96.1 Å². The monoisotopic (exact) mass is 218 g/mol. The molecule has 0 amide bonds. The lowest BCUT2D eigenvalue weighted by Gasteiger charge is -1.99. The van der Waals surface area contributed by atoms with Crippen molar-refractivity contribution >= 4 is 5.52 Å². The SMILES string of the molecule is COCCCCc1nc(C)n2ccccc12. The third kappa shape index (κ3) is 2.25. The van der Waals surface area contributed by atoms with Crippen LogP contribution < -0.4 is 0 Å². The van der Waals surface area contributed by atoms with Crippen LogP contribution in [0.5, 0.6) is 0 Å². The van der Waals surface area contributed by atoms with Gasteiger partial charge in [0.2, 0.25) is 0 Å². The van der Waals surface area contributed by atoms with Crippen LogP contribution in [0, 0.1) is 6.92 Å². The molecule has 3 heteroatoms. The van der Waals surface area contributed by atoms with Gasteiger partial charge in [-0.05, 0) is 38.3 Å². The van der Waals surface area contributed by atoms with Gasteiger partial charge in [0.05, 0.1) is 11.2 Å². The van der Waals surface area contributed by atoms with Crippen molar-refractivity contribution in [1.82, 2.24) is 9.38 Å². The zero-order valence-corrected chi connectivity index (χ0v) is 9.94. The van der Waals surface area contributed by atoms with Crippen LogP contribution in [0.15, 0.2) is 24.4 Å². The summed E-state index contributed by atoms with van der Waals surface area (Å²) in [4.78, 5) is 4.61. The summed E-state index contributed by atoms with van der Waals surface area (Å²) in [6.07, 6.45) is 5.33. The highest BCUT2D eigenvalue weighted by Crippen LogP contribution is 2.14. The second-order valence-electron chi connectivity index (χ2n) is 4.01. The van der Waals surface area contributed by atoms with E-state index in [9.17, 15) is 0 Å². The summed E-state index contributed by atoms with van der Waals surface area (Å²) >= 11 is 0. The first-order chi connectivity index (χ1) is 7.83. The summed E-state index contributed by atoms with van der Waals surface area (Å²) in [6, 6.07) is 6.23. The number of imidazole rings is 1. The normalized spacial score (nSPS) is 11.1. The maximum absolute atomic E-state index is 5.05. The molecule has 16 heavy (non-hydrogen) atoms. The van der Waals surface area contributed by atoms with Gasteiger partial charge < -0.3 is 9.14 Å². The van der Waals surface area contributed by atoms with Gasteiger partial charge in [-0.1, -0.05) is 6.07 Å². The van der Waals surface area contributed by atoms with Crippen LogP contribution in [0.25, 0.3) is 5.52 Å². The molecule has 0 atom stereocenters. The standard InChI is InChI=1S/C13H18N2O/c1-11-14-12(7-4-6-10-16-2)13-8-3-5-9-15(11)13/h3,5,8-9H,4,6-7,10H2,1-2H3. The van der Waals surface area contributed by atoms with Crippen molar-refractivity contribution in [3.63, 3.8) is 0 Å². The molecular formula is C13H18N2O. The van der Waals surface area contributed by atoms with Gasteiger partial charge in [0.15, 0.2) is 0 Å². The predicted molar refractivity (Wildman–Crippen MR) is 64.7 cm³/mol. The van der Waals surface area contributed by atoms with Gasteiger partial charge in [-0.15, -0.1) is 0 Å². The lowest BCUT2D eigenvalue weighted by Crippen LogP contribution is -1.92. The number of hydrogen-bond acceptors (Lipinski definition) is 2. The average Bonchev–Trinajstić information content (AvgIpc) is 2.63. The fourth-order valence-corrected chi connectivity index (χ4v) is 1.99. The third-order valence-corrected chi connectivity index (χ3v) is 2.81. The topological polar surface area (TPSA) is 26.5 Å². The minimum Gasteiger partial charge on any atom is -0.385 e. The molecule has 2 rings (SSSR count). The Bertz CT molecular complexity index is 462. The number of rotatable bonds is 5. The van der Waals surface area contributed by atoms with Gasteiger partial charge >= 0.3 is 0 Å². The Morgan fingerprint density at radius 3 is 3.00 bits per heavy atom. The van der Waals surface area contributed by atoms with E-state index in [1.54, 1.807) is 7.11 Å². The van der Waals surface area contributed by atoms with Crippen molar-refractivity contribution in [2.24, 2.45) is 0 Å². The van der Waals surface area contributed by atoms with E-state index in [1.165, 1.54) is 11.2 Å². The molecule has 3 nitrogen and oxygen atoms in total. The second kappa shape index (κ2) is 5.12. The number of unbranched alkanes of at least 4 members (excludes halogenated alkanes) is 1. The number of nitrogens with zero attached hydrogens (tertiary/aromatic N) is 2. The van der Waals surface area contributed by atoms with Crippen LogP contribution in [-0.2, 0) is 11.2 Å². The van der Waals surface area contributed by atoms with E-state index in [2.05, 4.69) is 27.7 Å². The minimum absolute atomic E-state index is 0.838. The van der Waals surface area contributed by atoms with Gasteiger partial charge in [-0.2, -0.15) is 0 Å². The molecule has 0 saturated heterocycles. The highest BCUT2D eigenvalue weighted by molar-refractivity contribution is 5.53. The average molecular weight is 218 g/mol. The number of aromatic nitrogens is 2. The van der Waals surface area contributed by atoms with E-state index < -0.39 is 0 Å². The van der Waals surface area contributed by atoms with Crippen molar-refractivity contribution in [3.05, 3.63) is 35.9 Å². The fourth-order valence-electron chi connectivity index (χ4n) is 1.99. The molecule has 0 unspecified atom stereocenters. The van der Waals surface area contributed by atoms with E-state index in [0.29, 0.717) is 0 Å². The van der Waals surface area contributed by atoms with Crippen LogP contribution >= 0.6 is 0 Å². The number of ether oxygens (including phenoxy) is 1. The number of aryl methyl sites for hydroxylation is 2. The first-order valence-electron chi connectivity index (χ1n) is 5.74. The summed E-state index contributed by atoms with van der Waals surface area (Å²) in [7, 11) is 1.75. The molecule has 0 aliphatic rings. The van der Waals surface area contributed by atoms with Crippen LogP contribution in [-0.4, -0.2) is 23.1 Å². The van der Waals surface area contributed by atoms with Crippen LogP contribution in [0.1, 0.15) is 24.4 Å². The van der Waals surface area contributed by atoms with Crippen LogP contribution in [0.3, 0.4) is 0 Å². The summed E-state index contributed by atoms with van der Waals surface area (Å²) in [5, 5.41) is 0. The van der Waals surface area contributed by atoms with Gasteiger partial charge in [-0.25, -0.2) is 4.98 Å². The summed E-state index contributed by atoms with van der Waals surface area (Å²) in [6.45, 7) is 2.89. The van der Waals surface area contributed by atoms with Crippen LogP contribution in [0.2, 0.25) is 0 Å². The molecular weight excluding hydrogens is 200 g/mol. The second-order valence-corrected chi connectivity index (χ2v) is 4.01. The van der Waals surface area contributed by atoms with Gasteiger partial charge in [0.25, 0.3) is 0 Å². The Kier molecular flexibility index (Phi) is 3.57. The lowest BCUT2D eigenvalue weighted by molar-refractivity contribution is 0.193. The minimum atomic E-state index is 0.838. The van der Waals surface area contributed by atoms with Crippen molar-refractivity contribution in [1.29, 1.82) is 0 Å². The smallest absolute Gasteiger partial charge is 0.110 e. The van der Waals surface area contributed by atoms with Crippen molar-refractivity contribution in [3.8, 4) is 0 Å². The molecule has 2 aromatic rings. The highest BCUT2D eigenvalue weighted by atomic mass is 16.5. The molecule has 0 aliphatic heterocycles. The molecule has 0 aliphatic carbocycles. The zero-order chi connectivity index (χ0) is 11.4. The number of pyridine rings is 1. The Balaban J connectivity index is 2.12. The largest absolute Gasteiger partial charge is 0.385 e. The zero-order valence-electron chi connectivity index (χ0n) is 9.94. The van der Waals surface area contributed by atoms with Crippen molar-refractivity contribution < 1.29 is 4.74 Å².